The van der Waals surface area contributed by atoms with Gasteiger partial charge in [0.2, 0.25) is 0 Å². The van der Waals surface area contributed by atoms with Crippen molar-refractivity contribution in [3.63, 3.8) is 0 Å². The minimum atomic E-state index is -0.588. The zero-order valence-electron chi connectivity index (χ0n) is 16.4. The Kier molecular flexibility index (Phi) is 8.72. The number of aliphatic hydroxyl groups excluding tert-OH is 1. The number of hydrogen-bond donors (Lipinski definition) is 1. The van der Waals surface area contributed by atoms with E-state index in [4.69, 9.17) is 9.47 Å². The molecule has 2 aromatic rings. The molecule has 1 unspecified atom stereocenters. The monoisotopic (exact) mass is 375 g/mol. The van der Waals surface area contributed by atoms with Crippen molar-refractivity contribution in [2.24, 2.45) is 5.92 Å². The third-order valence-electron chi connectivity index (χ3n) is 4.09. The Labute approximate surface area is 161 Å². The number of methoxy groups -OCH3 is 1. The van der Waals surface area contributed by atoms with Gasteiger partial charge in [-0.15, -0.1) is 0 Å². The highest BCUT2D eigenvalue weighted by Gasteiger charge is 2.14. The molecule has 5 heteroatoms. The topological polar surface area (TPSA) is 41.9 Å². The molecule has 27 heavy (non-hydrogen) atoms. The van der Waals surface area contributed by atoms with E-state index in [2.05, 4.69) is 18.7 Å². The zero-order chi connectivity index (χ0) is 19.6. The van der Waals surface area contributed by atoms with Crippen LogP contribution in [0.15, 0.2) is 48.5 Å². The van der Waals surface area contributed by atoms with Gasteiger partial charge < -0.3 is 14.6 Å². The van der Waals surface area contributed by atoms with Crippen molar-refractivity contribution in [2.75, 3.05) is 26.9 Å². The number of ether oxygens (including phenoxy) is 2. The molecule has 0 heterocycles. The third kappa shape index (κ3) is 8.08. The predicted molar refractivity (Wildman–Crippen MR) is 105 cm³/mol. The van der Waals surface area contributed by atoms with E-state index in [-0.39, 0.29) is 5.82 Å². The van der Waals surface area contributed by atoms with Crippen molar-refractivity contribution in [3.05, 3.63) is 65.5 Å². The minimum absolute atomic E-state index is 0.250. The molecule has 0 amide bonds. The number of hydrogen-bond acceptors (Lipinski definition) is 4. The second-order valence-corrected chi connectivity index (χ2v) is 7.23. The van der Waals surface area contributed by atoms with Crippen molar-refractivity contribution in [3.8, 4) is 5.75 Å². The highest BCUT2D eigenvalue weighted by atomic mass is 19.1. The predicted octanol–water partition coefficient (Wildman–Crippen LogP) is 3.87. The lowest BCUT2D eigenvalue weighted by atomic mass is 10.1. The van der Waals surface area contributed by atoms with Crippen LogP contribution in [0, 0.1) is 11.7 Å². The molecule has 0 aromatic heterocycles. The molecule has 4 nitrogen and oxygen atoms in total. The van der Waals surface area contributed by atoms with Crippen LogP contribution in [0.3, 0.4) is 0 Å². The first-order chi connectivity index (χ1) is 13.0. The maximum Gasteiger partial charge on any atom is 0.123 e. The Balaban J connectivity index is 2.03. The molecule has 0 radical (unpaired) electrons. The molecule has 0 spiro atoms. The van der Waals surface area contributed by atoms with Gasteiger partial charge in [-0.3, -0.25) is 4.90 Å². The fourth-order valence-electron chi connectivity index (χ4n) is 2.85. The van der Waals surface area contributed by atoms with Crippen LogP contribution >= 0.6 is 0 Å². The van der Waals surface area contributed by atoms with Crippen LogP contribution in [0.1, 0.15) is 25.0 Å². The summed E-state index contributed by atoms with van der Waals surface area (Å²) >= 11 is 0. The molecule has 2 aromatic carbocycles. The summed E-state index contributed by atoms with van der Waals surface area (Å²) in [5.41, 5.74) is 2.08. The molecule has 0 aliphatic rings. The first-order valence-electron chi connectivity index (χ1n) is 9.31. The van der Waals surface area contributed by atoms with Gasteiger partial charge in [-0.05, 0) is 41.3 Å². The first kappa shape index (κ1) is 21.4. The first-order valence-corrected chi connectivity index (χ1v) is 9.31. The SMILES string of the molecule is COc1cccc(CN(Cc2ccc(F)cc2)CC(O)COCC(C)C)c1. The molecule has 0 aliphatic heterocycles. The van der Waals surface area contributed by atoms with E-state index in [1.54, 1.807) is 19.2 Å². The fraction of sp³-hybridized carbons (Fsp3) is 0.455. The zero-order valence-corrected chi connectivity index (χ0v) is 16.4. The summed E-state index contributed by atoms with van der Waals surface area (Å²) in [6.07, 6.45) is -0.588. The van der Waals surface area contributed by atoms with Crippen molar-refractivity contribution < 1.29 is 19.0 Å². The lowest BCUT2D eigenvalue weighted by Crippen LogP contribution is -2.34. The molecule has 0 aliphatic carbocycles. The van der Waals surface area contributed by atoms with E-state index >= 15 is 0 Å². The smallest absolute Gasteiger partial charge is 0.123 e. The normalized spacial score (nSPS) is 12.6. The third-order valence-corrected chi connectivity index (χ3v) is 4.09. The van der Waals surface area contributed by atoms with E-state index in [0.29, 0.717) is 38.8 Å². The van der Waals surface area contributed by atoms with Gasteiger partial charge in [0.15, 0.2) is 0 Å². The Bertz CT molecular complexity index is 676. The highest BCUT2D eigenvalue weighted by Crippen LogP contribution is 2.16. The van der Waals surface area contributed by atoms with Gasteiger partial charge >= 0.3 is 0 Å². The molecule has 1 atom stereocenters. The van der Waals surface area contributed by atoms with Crippen molar-refractivity contribution in [1.82, 2.24) is 4.90 Å². The number of aliphatic hydroxyl groups is 1. The Hall–Kier alpha value is -1.95. The molecule has 0 fully saturated rings. The van der Waals surface area contributed by atoms with Gasteiger partial charge in [-0.2, -0.15) is 0 Å². The summed E-state index contributed by atoms with van der Waals surface area (Å²) < 4.78 is 24.0. The Morgan fingerprint density at radius 1 is 1.00 bits per heavy atom. The van der Waals surface area contributed by atoms with Crippen molar-refractivity contribution in [2.45, 2.75) is 33.0 Å². The van der Waals surface area contributed by atoms with E-state index < -0.39 is 6.10 Å². The standard InChI is InChI=1S/C22H30FNO3/c1-17(2)15-27-16-21(25)14-24(12-18-7-9-20(23)10-8-18)13-19-5-4-6-22(11-19)26-3/h4-11,17,21,25H,12-16H2,1-3H3. The fourth-order valence-corrected chi connectivity index (χ4v) is 2.85. The molecule has 0 saturated heterocycles. The van der Waals surface area contributed by atoms with Crippen LogP contribution in [-0.2, 0) is 17.8 Å². The summed E-state index contributed by atoms with van der Waals surface area (Å²) in [5.74, 6) is 0.986. The van der Waals surface area contributed by atoms with Gasteiger partial charge in [0, 0.05) is 26.2 Å². The summed E-state index contributed by atoms with van der Waals surface area (Å²) in [6, 6.07) is 14.3. The van der Waals surface area contributed by atoms with Crippen LogP contribution in [0.5, 0.6) is 5.75 Å². The van der Waals surface area contributed by atoms with Crippen LogP contribution < -0.4 is 4.74 Å². The average molecular weight is 375 g/mol. The van der Waals surface area contributed by atoms with Gasteiger partial charge in [-0.1, -0.05) is 38.1 Å². The molecule has 148 valence electrons. The lowest BCUT2D eigenvalue weighted by Gasteiger charge is -2.25. The van der Waals surface area contributed by atoms with Crippen LogP contribution in [-0.4, -0.2) is 43.0 Å². The van der Waals surface area contributed by atoms with E-state index in [1.165, 1.54) is 12.1 Å². The van der Waals surface area contributed by atoms with Gasteiger partial charge in [0.25, 0.3) is 0 Å². The molecule has 2 rings (SSSR count). The maximum atomic E-state index is 13.2. The highest BCUT2D eigenvalue weighted by molar-refractivity contribution is 5.28. The van der Waals surface area contributed by atoms with E-state index in [0.717, 1.165) is 16.9 Å². The quantitative estimate of drug-likeness (QED) is 0.647. The molecular formula is C22H30FNO3. The van der Waals surface area contributed by atoms with Crippen LogP contribution in [0.25, 0.3) is 0 Å². The van der Waals surface area contributed by atoms with Gasteiger partial charge in [-0.25, -0.2) is 4.39 Å². The number of nitrogens with zero attached hydrogens (tertiary/aromatic N) is 1. The van der Waals surface area contributed by atoms with E-state index in [1.807, 2.05) is 24.3 Å². The molecule has 0 saturated carbocycles. The second kappa shape index (κ2) is 11.0. The van der Waals surface area contributed by atoms with Gasteiger partial charge in [0.05, 0.1) is 19.8 Å². The largest absolute Gasteiger partial charge is 0.497 e. The van der Waals surface area contributed by atoms with Crippen LogP contribution in [0.2, 0.25) is 0 Å². The summed E-state index contributed by atoms with van der Waals surface area (Å²) in [4.78, 5) is 2.13. The Morgan fingerprint density at radius 3 is 2.37 bits per heavy atom. The summed E-state index contributed by atoms with van der Waals surface area (Å²) in [6.45, 7) is 6.81. The second-order valence-electron chi connectivity index (χ2n) is 7.23. The number of rotatable bonds is 11. The lowest BCUT2D eigenvalue weighted by molar-refractivity contribution is 0.00554. The molecule has 0 bridgehead atoms. The van der Waals surface area contributed by atoms with E-state index in [9.17, 15) is 9.50 Å². The maximum absolute atomic E-state index is 13.2. The number of benzene rings is 2. The minimum Gasteiger partial charge on any atom is -0.497 e. The summed E-state index contributed by atoms with van der Waals surface area (Å²) in [7, 11) is 1.64. The van der Waals surface area contributed by atoms with Crippen molar-refractivity contribution >= 4 is 0 Å². The van der Waals surface area contributed by atoms with Crippen molar-refractivity contribution in [1.29, 1.82) is 0 Å². The Morgan fingerprint density at radius 2 is 1.70 bits per heavy atom. The van der Waals surface area contributed by atoms with Gasteiger partial charge in [0.1, 0.15) is 11.6 Å². The average Bonchev–Trinajstić information content (AvgIpc) is 2.63. The number of halogens is 1. The molecule has 1 N–H and O–H groups in total. The molecular weight excluding hydrogens is 345 g/mol. The van der Waals surface area contributed by atoms with Crippen LogP contribution in [0.4, 0.5) is 4.39 Å². The summed E-state index contributed by atoms with van der Waals surface area (Å²) in [5, 5.41) is 10.4.